The molecule has 0 aliphatic carbocycles. The van der Waals surface area contributed by atoms with Crippen LogP contribution in [0.4, 0.5) is 0 Å². The van der Waals surface area contributed by atoms with Gasteiger partial charge in [-0.1, -0.05) is 17.7 Å². The molecular weight excluding hydrogens is 388 g/mol. The molecule has 1 saturated heterocycles. The van der Waals surface area contributed by atoms with E-state index in [-0.39, 0.29) is 29.7 Å². The summed E-state index contributed by atoms with van der Waals surface area (Å²) in [5.74, 6) is -0.559. The summed E-state index contributed by atoms with van der Waals surface area (Å²) in [6.45, 7) is 3.58. The van der Waals surface area contributed by atoms with Crippen molar-refractivity contribution in [3.05, 3.63) is 53.9 Å². The summed E-state index contributed by atoms with van der Waals surface area (Å²) in [6, 6.07) is 9.84. The highest BCUT2D eigenvalue weighted by Crippen LogP contribution is 2.39. The normalized spacial score (nSPS) is 17.3. The zero-order valence-electron chi connectivity index (χ0n) is 15.0. The van der Waals surface area contributed by atoms with Gasteiger partial charge in [-0.15, -0.1) is 11.8 Å². The number of carbonyl (C=O) groups excluding carboxylic acids is 2. The maximum atomic E-state index is 13.1. The topological polar surface area (TPSA) is 85.7 Å². The van der Waals surface area contributed by atoms with E-state index < -0.39 is 21.4 Å². The van der Waals surface area contributed by atoms with E-state index in [1.54, 1.807) is 43.3 Å². The van der Waals surface area contributed by atoms with Crippen molar-refractivity contribution in [2.45, 2.75) is 24.1 Å². The minimum absolute atomic E-state index is 0.164. The second-order valence-corrected chi connectivity index (χ2v) is 8.92. The molecule has 1 atom stereocenters. The number of thioether (sulfide) groups is 1. The molecule has 1 aromatic heterocycles. The van der Waals surface area contributed by atoms with Gasteiger partial charge in [0.15, 0.2) is 0 Å². The van der Waals surface area contributed by atoms with Gasteiger partial charge in [0, 0.05) is 6.20 Å². The lowest BCUT2D eigenvalue weighted by Gasteiger charge is -2.24. The molecule has 1 aromatic carbocycles. The number of ether oxygens (including phenoxy) is 1. The van der Waals surface area contributed by atoms with Crippen molar-refractivity contribution in [1.82, 2.24) is 8.87 Å². The quantitative estimate of drug-likeness (QED) is 0.681. The largest absolute Gasteiger partial charge is 0.465 e. The Balaban J connectivity index is 1.95. The molecule has 1 amide bonds. The Kier molecular flexibility index (Phi) is 5.61. The maximum absolute atomic E-state index is 13.1. The lowest BCUT2D eigenvalue weighted by Crippen LogP contribution is -2.35. The number of hydrogen-bond acceptors (Lipinski definition) is 6. The third kappa shape index (κ3) is 3.89. The van der Waals surface area contributed by atoms with E-state index in [1.165, 1.54) is 26.8 Å². The van der Waals surface area contributed by atoms with E-state index in [9.17, 15) is 18.0 Å². The third-order valence-corrected chi connectivity index (χ3v) is 7.09. The number of hydrogen-bond donors (Lipinski definition) is 0. The first kappa shape index (κ1) is 19.5. The molecule has 7 nitrogen and oxygen atoms in total. The molecule has 2 heterocycles. The molecule has 27 heavy (non-hydrogen) atoms. The van der Waals surface area contributed by atoms with Crippen molar-refractivity contribution in [3.63, 3.8) is 0 Å². The summed E-state index contributed by atoms with van der Waals surface area (Å²) in [5, 5.41) is -0.572. The molecule has 0 saturated carbocycles. The number of nitrogens with zero attached hydrogens (tertiary/aromatic N) is 2. The maximum Gasteiger partial charge on any atom is 0.325 e. The molecule has 3 rings (SSSR count). The summed E-state index contributed by atoms with van der Waals surface area (Å²) in [4.78, 5) is 25.6. The molecule has 0 bridgehead atoms. The molecule has 144 valence electrons. The SMILES string of the molecule is CCOC(=O)CN1C(=O)CSC1c1cccn1S(=O)(=O)c1ccc(C)cc1. The Labute approximate surface area is 162 Å². The van der Waals surface area contributed by atoms with E-state index >= 15 is 0 Å². The van der Waals surface area contributed by atoms with Gasteiger partial charge in [-0.25, -0.2) is 12.4 Å². The molecule has 2 aromatic rings. The predicted octanol–water partition coefficient (Wildman–Crippen LogP) is 2.17. The van der Waals surface area contributed by atoms with Crippen LogP contribution in [0.1, 0.15) is 23.6 Å². The lowest BCUT2D eigenvalue weighted by molar-refractivity contribution is -0.148. The second kappa shape index (κ2) is 7.77. The fourth-order valence-electron chi connectivity index (χ4n) is 2.83. The number of rotatable bonds is 6. The number of amides is 1. The number of aryl methyl sites for hydroxylation is 1. The Bertz CT molecular complexity index is 950. The van der Waals surface area contributed by atoms with Crippen LogP contribution in [0.2, 0.25) is 0 Å². The van der Waals surface area contributed by atoms with Crippen LogP contribution in [-0.2, 0) is 24.3 Å². The van der Waals surface area contributed by atoms with Crippen LogP contribution in [0, 0.1) is 6.92 Å². The van der Waals surface area contributed by atoms with Crippen LogP contribution < -0.4 is 0 Å². The fraction of sp³-hybridized carbons (Fsp3) is 0.333. The van der Waals surface area contributed by atoms with Crippen molar-refractivity contribution in [2.24, 2.45) is 0 Å². The van der Waals surface area contributed by atoms with Gasteiger partial charge < -0.3 is 9.64 Å². The van der Waals surface area contributed by atoms with E-state index in [0.717, 1.165) is 5.56 Å². The Morgan fingerprint density at radius 2 is 1.96 bits per heavy atom. The molecule has 0 N–H and O–H groups in total. The van der Waals surface area contributed by atoms with Crippen LogP contribution in [-0.4, -0.2) is 48.1 Å². The number of benzene rings is 1. The Morgan fingerprint density at radius 3 is 2.63 bits per heavy atom. The average molecular weight is 409 g/mol. The van der Waals surface area contributed by atoms with Crippen molar-refractivity contribution in [2.75, 3.05) is 18.9 Å². The minimum Gasteiger partial charge on any atom is -0.465 e. The Morgan fingerprint density at radius 1 is 1.26 bits per heavy atom. The van der Waals surface area contributed by atoms with Crippen molar-refractivity contribution in [1.29, 1.82) is 0 Å². The third-order valence-electron chi connectivity index (χ3n) is 4.15. The van der Waals surface area contributed by atoms with E-state index in [4.69, 9.17) is 4.74 Å². The second-order valence-electron chi connectivity index (χ2n) is 6.04. The smallest absolute Gasteiger partial charge is 0.325 e. The monoisotopic (exact) mass is 408 g/mol. The van der Waals surface area contributed by atoms with Crippen LogP contribution in [0.15, 0.2) is 47.5 Å². The van der Waals surface area contributed by atoms with Gasteiger partial charge in [0.2, 0.25) is 5.91 Å². The summed E-state index contributed by atoms with van der Waals surface area (Å²) >= 11 is 1.29. The molecule has 9 heteroatoms. The molecule has 0 spiro atoms. The fourth-order valence-corrected chi connectivity index (χ4v) is 5.47. The van der Waals surface area contributed by atoms with Gasteiger partial charge in [-0.05, 0) is 38.1 Å². The molecular formula is C18H20N2O5S2. The van der Waals surface area contributed by atoms with Crippen LogP contribution >= 0.6 is 11.8 Å². The van der Waals surface area contributed by atoms with Gasteiger partial charge >= 0.3 is 5.97 Å². The first-order chi connectivity index (χ1) is 12.8. The van der Waals surface area contributed by atoms with E-state index in [1.807, 2.05) is 6.92 Å². The van der Waals surface area contributed by atoms with E-state index in [2.05, 4.69) is 0 Å². The van der Waals surface area contributed by atoms with Gasteiger partial charge in [-0.2, -0.15) is 0 Å². The van der Waals surface area contributed by atoms with Gasteiger partial charge in [0.1, 0.15) is 11.9 Å². The molecule has 1 aliphatic heterocycles. The highest BCUT2D eigenvalue weighted by atomic mass is 32.2. The number of carbonyl (C=O) groups is 2. The standard InChI is InChI=1S/C18H20N2O5S2/c1-3-25-17(22)11-19-16(21)12-26-18(19)15-5-4-10-20(15)27(23,24)14-8-6-13(2)7-9-14/h4-10,18H,3,11-12H2,1-2H3. The summed E-state index contributed by atoms with van der Waals surface area (Å²) in [5.41, 5.74) is 1.38. The molecule has 1 fully saturated rings. The number of aromatic nitrogens is 1. The van der Waals surface area contributed by atoms with Gasteiger partial charge in [-0.3, -0.25) is 9.59 Å². The molecule has 0 radical (unpaired) electrons. The first-order valence-electron chi connectivity index (χ1n) is 8.40. The average Bonchev–Trinajstić information content (AvgIpc) is 3.23. The van der Waals surface area contributed by atoms with Gasteiger partial charge in [0.05, 0.1) is 22.9 Å². The molecule has 1 aliphatic rings. The highest BCUT2D eigenvalue weighted by Gasteiger charge is 2.37. The zero-order valence-corrected chi connectivity index (χ0v) is 16.6. The lowest BCUT2D eigenvalue weighted by atomic mass is 10.2. The predicted molar refractivity (Wildman–Crippen MR) is 102 cm³/mol. The highest BCUT2D eigenvalue weighted by molar-refractivity contribution is 8.00. The van der Waals surface area contributed by atoms with E-state index in [0.29, 0.717) is 5.69 Å². The van der Waals surface area contributed by atoms with Gasteiger partial charge in [0.25, 0.3) is 10.0 Å². The summed E-state index contributed by atoms with van der Waals surface area (Å²) in [6.07, 6.45) is 1.45. The summed E-state index contributed by atoms with van der Waals surface area (Å²) < 4.78 is 32.2. The summed E-state index contributed by atoms with van der Waals surface area (Å²) in [7, 11) is -3.81. The van der Waals surface area contributed by atoms with Crippen LogP contribution in [0.3, 0.4) is 0 Å². The first-order valence-corrected chi connectivity index (χ1v) is 10.9. The number of esters is 1. The Hall–Kier alpha value is -2.26. The van der Waals surface area contributed by atoms with Crippen molar-refractivity contribution in [3.8, 4) is 0 Å². The van der Waals surface area contributed by atoms with Crippen LogP contribution in [0.25, 0.3) is 0 Å². The molecule has 1 unspecified atom stereocenters. The van der Waals surface area contributed by atoms with Crippen molar-refractivity contribution < 1.29 is 22.7 Å². The zero-order chi connectivity index (χ0) is 19.6. The van der Waals surface area contributed by atoms with Crippen LogP contribution in [0.5, 0.6) is 0 Å². The van der Waals surface area contributed by atoms with Crippen molar-refractivity contribution >= 4 is 33.7 Å². The minimum atomic E-state index is -3.81.